The maximum Gasteiger partial charge on any atom is 0.522 e. The highest BCUT2D eigenvalue weighted by Crippen LogP contribution is 2.47. The van der Waals surface area contributed by atoms with Crippen LogP contribution < -0.4 is 0 Å². The fraction of sp³-hybridized carbons (Fsp3) is 0.286. The minimum Gasteiger partial charge on any atom is -0.321 e. The van der Waals surface area contributed by atoms with Crippen molar-refractivity contribution in [2.24, 2.45) is 0 Å². The standard InChI is InChI=1S/C7H9NO5P2S/c9-14(5-15(10,11)12)13-7(16)6-3-1-2-4-8-6/h1-4,7H,5H2,(H2-,10,11,12,16)/p+1. The Morgan fingerprint density at radius 3 is 2.75 bits per heavy atom. The lowest BCUT2D eigenvalue weighted by Gasteiger charge is -2.02. The Kier molecular flexibility index (Phi) is 5.05. The fourth-order valence-corrected chi connectivity index (χ4v) is 3.14. The molecule has 0 fully saturated rings. The Morgan fingerprint density at radius 1 is 1.56 bits per heavy atom. The number of thiol groups is 1. The molecule has 0 amide bonds. The van der Waals surface area contributed by atoms with Crippen molar-refractivity contribution in [3.8, 4) is 0 Å². The predicted octanol–water partition coefficient (Wildman–Crippen LogP) is 1.90. The molecule has 1 aromatic heterocycles. The van der Waals surface area contributed by atoms with Crippen LogP contribution >= 0.6 is 28.3 Å². The summed E-state index contributed by atoms with van der Waals surface area (Å²) in [5.74, 6) is -0.813. The lowest BCUT2D eigenvalue weighted by atomic mass is 10.4. The molecule has 0 bridgehead atoms. The molecule has 0 saturated carbocycles. The predicted molar refractivity (Wildman–Crippen MR) is 61.6 cm³/mol. The molecule has 2 atom stereocenters. The van der Waals surface area contributed by atoms with Crippen LogP contribution in [-0.2, 0) is 13.7 Å². The van der Waals surface area contributed by atoms with Gasteiger partial charge >= 0.3 is 15.6 Å². The van der Waals surface area contributed by atoms with Gasteiger partial charge in [0.25, 0.3) is 5.90 Å². The average Bonchev–Trinajstić information content (AvgIpc) is 2.16. The first-order valence-corrected chi connectivity index (χ1v) is 7.81. The van der Waals surface area contributed by atoms with Gasteiger partial charge in [-0.05, 0) is 16.7 Å². The summed E-state index contributed by atoms with van der Waals surface area (Å²) < 4.78 is 26.6. The Hall–Kier alpha value is -0.290. The molecule has 9 heteroatoms. The van der Waals surface area contributed by atoms with Crippen LogP contribution in [0.1, 0.15) is 11.1 Å². The SMILES string of the molecule is O=[P+](CP(=O)(O)O)OC(S)c1ccccn1. The highest BCUT2D eigenvalue weighted by Gasteiger charge is 2.33. The summed E-state index contributed by atoms with van der Waals surface area (Å²) in [5.41, 5.74) is -0.434. The molecule has 0 aliphatic carbocycles. The fourth-order valence-electron chi connectivity index (χ4n) is 0.871. The van der Waals surface area contributed by atoms with Crippen molar-refractivity contribution >= 4 is 28.3 Å². The van der Waals surface area contributed by atoms with Gasteiger partial charge in [-0.15, -0.1) is 17.2 Å². The van der Waals surface area contributed by atoms with E-state index in [1.165, 1.54) is 6.20 Å². The maximum absolute atomic E-state index is 11.2. The van der Waals surface area contributed by atoms with Crippen LogP contribution in [0.3, 0.4) is 0 Å². The van der Waals surface area contributed by atoms with Gasteiger partial charge in [-0.1, -0.05) is 6.07 Å². The Morgan fingerprint density at radius 2 is 2.25 bits per heavy atom. The van der Waals surface area contributed by atoms with Gasteiger partial charge in [0.05, 0.1) is 5.69 Å². The molecule has 6 nitrogen and oxygen atoms in total. The van der Waals surface area contributed by atoms with Gasteiger partial charge in [0.15, 0.2) is 5.44 Å². The van der Waals surface area contributed by atoms with E-state index in [1.807, 2.05) is 0 Å². The zero-order chi connectivity index (χ0) is 12.2. The van der Waals surface area contributed by atoms with Crippen LogP contribution in [0.4, 0.5) is 0 Å². The van der Waals surface area contributed by atoms with Gasteiger partial charge in [0.1, 0.15) is 0 Å². The average molecular weight is 282 g/mol. The molecule has 88 valence electrons. The van der Waals surface area contributed by atoms with Crippen molar-refractivity contribution in [2.75, 3.05) is 5.90 Å². The summed E-state index contributed by atoms with van der Waals surface area (Å²) in [4.78, 5) is 21.1. The van der Waals surface area contributed by atoms with E-state index >= 15 is 0 Å². The van der Waals surface area contributed by atoms with Crippen LogP contribution in [0, 0.1) is 0 Å². The number of rotatable bonds is 5. The summed E-state index contributed by atoms with van der Waals surface area (Å²) in [5, 5.41) is 0. The molecule has 0 aliphatic heterocycles. The summed E-state index contributed by atoms with van der Waals surface area (Å²) in [6, 6.07) is 5.00. The minimum atomic E-state index is -4.33. The zero-order valence-corrected chi connectivity index (χ0v) is 10.7. The largest absolute Gasteiger partial charge is 0.522 e. The minimum absolute atomic E-state index is 0.430. The van der Waals surface area contributed by atoms with E-state index in [9.17, 15) is 9.13 Å². The van der Waals surface area contributed by atoms with Crippen molar-refractivity contribution in [1.29, 1.82) is 0 Å². The molecule has 0 spiro atoms. The number of hydrogen-bond acceptors (Lipinski definition) is 5. The second-order valence-electron chi connectivity index (χ2n) is 2.85. The zero-order valence-electron chi connectivity index (χ0n) is 8.00. The van der Waals surface area contributed by atoms with Crippen LogP contribution in [-0.4, -0.2) is 20.7 Å². The first kappa shape index (κ1) is 13.8. The Bertz CT molecular complexity index is 408. The summed E-state index contributed by atoms with van der Waals surface area (Å²) in [7, 11) is -6.79. The smallest absolute Gasteiger partial charge is 0.321 e. The van der Waals surface area contributed by atoms with E-state index in [2.05, 4.69) is 17.6 Å². The summed E-state index contributed by atoms with van der Waals surface area (Å²) >= 11 is 3.99. The summed E-state index contributed by atoms with van der Waals surface area (Å²) in [6.45, 7) is 0. The Labute approximate surface area is 98.5 Å². The first-order chi connectivity index (χ1) is 7.38. The van der Waals surface area contributed by atoms with E-state index in [-0.39, 0.29) is 0 Å². The third-order valence-electron chi connectivity index (χ3n) is 1.46. The number of nitrogens with zero attached hydrogens (tertiary/aromatic N) is 1. The molecule has 1 rings (SSSR count). The Balaban J connectivity index is 2.56. The van der Waals surface area contributed by atoms with Crippen molar-refractivity contribution in [3.63, 3.8) is 0 Å². The number of hydrogen-bond donors (Lipinski definition) is 3. The maximum atomic E-state index is 11.2. The first-order valence-electron chi connectivity index (χ1n) is 4.13. The second-order valence-corrected chi connectivity index (χ2v) is 6.66. The number of aromatic nitrogens is 1. The van der Waals surface area contributed by atoms with E-state index in [1.54, 1.807) is 18.2 Å². The molecule has 1 heterocycles. The highest BCUT2D eigenvalue weighted by atomic mass is 32.1. The van der Waals surface area contributed by atoms with Gasteiger partial charge < -0.3 is 9.79 Å². The van der Waals surface area contributed by atoms with Gasteiger partial charge in [0, 0.05) is 6.20 Å². The van der Waals surface area contributed by atoms with Crippen molar-refractivity contribution < 1.29 is 23.4 Å². The molecule has 0 aliphatic rings. The highest BCUT2D eigenvalue weighted by molar-refractivity contribution is 7.80. The van der Waals surface area contributed by atoms with Crippen LogP contribution in [0.5, 0.6) is 0 Å². The molecule has 1 aromatic rings. The second kappa shape index (κ2) is 5.87. The molecular weight excluding hydrogens is 272 g/mol. The van der Waals surface area contributed by atoms with Crippen molar-refractivity contribution in [1.82, 2.24) is 4.98 Å². The molecule has 2 N–H and O–H groups in total. The molecule has 16 heavy (non-hydrogen) atoms. The third kappa shape index (κ3) is 5.16. The summed E-state index contributed by atoms with van der Waals surface area (Å²) in [6.07, 6.45) is 1.51. The van der Waals surface area contributed by atoms with Crippen molar-refractivity contribution in [3.05, 3.63) is 30.1 Å². The third-order valence-corrected chi connectivity index (χ3v) is 4.84. The normalized spacial score (nSPS) is 14.6. The van der Waals surface area contributed by atoms with Gasteiger partial charge in [0.2, 0.25) is 0 Å². The van der Waals surface area contributed by atoms with E-state index in [0.717, 1.165) is 0 Å². The quantitative estimate of drug-likeness (QED) is 0.433. The molecule has 2 unspecified atom stereocenters. The molecular formula is C7H10NO5P2S+. The lowest BCUT2D eigenvalue weighted by molar-refractivity contribution is 0.305. The molecule has 0 saturated heterocycles. The van der Waals surface area contributed by atoms with E-state index < -0.39 is 27.0 Å². The van der Waals surface area contributed by atoms with Crippen LogP contribution in [0.2, 0.25) is 0 Å². The van der Waals surface area contributed by atoms with Gasteiger partial charge in [-0.2, -0.15) is 0 Å². The van der Waals surface area contributed by atoms with Crippen molar-refractivity contribution in [2.45, 2.75) is 5.44 Å². The van der Waals surface area contributed by atoms with Gasteiger partial charge in [-0.3, -0.25) is 9.55 Å². The van der Waals surface area contributed by atoms with Crippen LogP contribution in [0.25, 0.3) is 0 Å². The monoisotopic (exact) mass is 282 g/mol. The van der Waals surface area contributed by atoms with Crippen LogP contribution in [0.15, 0.2) is 24.4 Å². The molecule has 0 aromatic carbocycles. The van der Waals surface area contributed by atoms with Gasteiger partial charge in [-0.25, -0.2) is 0 Å². The molecule has 0 radical (unpaired) electrons. The lowest BCUT2D eigenvalue weighted by Crippen LogP contribution is -1.95. The van der Waals surface area contributed by atoms with E-state index in [4.69, 9.17) is 14.3 Å². The topological polar surface area (TPSA) is 96.7 Å². The van der Waals surface area contributed by atoms with E-state index in [0.29, 0.717) is 5.69 Å². The number of pyridine rings is 1.